The summed E-state index contributed by atoms with van der Waals surface area (Å²) in [7, 11) is 0. The van der Waals surface area contributed by atoms with Gasteiger partial charge in [0.05, 0.1) is 21.9 Å². The Morgan fingerprint density at radius 1 is 1.11 bits per heavy atom. The van der Waals surface area contributed by atoms with Crippen molar-refractivity contribution >= 4 is 51.0 Å². The van der Waals surface area contributed by atoms with E-state index in [9.17, 15) is 5.11 Å². The zero-order chi connectivity index (χ0) is 13.8. The van der Waals surface area contributed by atoms with Gasteiger partial charge in [-0.25, -0.2) is 0 Å². The number of hydrogen-bond donors (Lipinski definition) is 2. The lowest BCUT2D eigenvalue weighted by molar-refractivity contribution is 0.474. The molecule has 2 rings (SSSR count). The molecule has 6 heteroatoms. The van der Waals surface area contributed by atoms with Gasteiger partial charge in [-0.2, -0.15) is 5.10 Å². The van der Waals surface area contributed by atoms with Gasteiger partial charge in [-0.15, -0.1) is 0 Å². The Labute approximate surface area is 129 Å². The van der Waals surface area contributed by atoms with Gasteiger partial charge in [-0.05, 0) is 36.4 Å². The predicted octanol–water partition coefficient (Wildman–Crippen LogP) is 4.91. The average molecular weight is 360 g/mol. The SMILES string of the molecule is Oc1ccc(Br)cc1/C=N/Nc1ccc(Cl)c(Cl)c1. The molecular weight excluding hydrogens is 351 g/mol. The van der Waals surface area contributed by atoms with Gasteiger partial charge in [-0.1, -0.05) is 39.1 Å². The van der Waals surface area contributed by atoms with Gasteiger partial charge in [0.2, 0.25) is 0 Å². The summed E-state index contributed by atoms with van der Waals surface area (Å²) in [5.41, 5.74) is 4.12. The highest BCUT2D eigenvalue weighted by Gasteiger charge is 2.00. The molecular formula is C13H9BrCl2N2O. The molecule has 3 nitrogen and oxygen atoms in total. The van der Waals surface area contributed by atoms with Crippen molar-refractivity contribution in [2.45, 2.75) is 0 Å². The molecule has 2 aromatic carbocycles. The largest absolute Gasteiger partial charge is 0.507 e. The Bertz CT molecular complexity index is 632. The van der Waals surface area contributed by atoms with Crippen LogP contribution in [0.5, 0.6) is 5.75 Å². The quantitative estimate of drug-likeness (QED) is 0.604. The van der Waals surface area contributed by atoms with Gasteiger partial charge in [0.25, 0.3) is 0 Å². The fourth-order valence-corrected chi connectivity index (χ4v) is 2.05. The van der Waals surface area contributed by atoms with Gasteiger partial charge in [-0.3, -0.25) is 5.43 Å². The van der Waals surface area contributed by atoms with E-state index in [1.54, 1.807) is 36.4 Å². The smallest absolute Gasteiger partial charge is 0.124 e. The third-order valence-corrected chi connectivity index (χ3v) is 3.54. The third-order valence-electron chi connectivity index (χ3n) is 2.31. The first-order valence-electron chi connectivity index (χ1n) is 5.29. The van der Waals surface area contributed by atoms with E-state index in [2.05, 4.69) is 26.5 Å². The number of hydrogen-bond acceptors (Lipinski definition) is 3. The van der Waals surface area contributed by atoms with Crippen LogP contribution < -0.4 is 5.43 Å². The molecule has 0 heterocycles. The Balaban J connectivity index is 2.11. The van der Waals surface area contributed by atoms with Gasteiger partial charge in [0.1, 0.15) is 5.75 Å². The van der Waals surface area contributed by atoms with Crippen LogP contribution in [0.2, 0.25) is 10.0 Å². The molecule has 0 saturated heterocycles. The molecule has 0 saturated carbocycles. The summed E-state index contributed by atoms with van der Waals surface area (Å²) in [5, 5.41) is 14.6. The summed E-state index contributed by atoms with van der Waals surface area (Å²) < 4.78 is 0.862. The number of benzene rings is 2. The van der Waals surface area contributed by atoms with Crippen LogP contribution in [0.15, 0.2) is 46.0 Å². The second kappa shape index (κ2) is 6.28. The number of hydrazone groups is 1. The first-order chi connectivity index (χ1) is 9.06. The van der Waals surface area contributed by atoms with E-state index < -0.39 is 0 Å². The monoisotopic (exact) mass is 358 g/mol. The van der Waals surface area contributed by atoms with Crippen LogP contribution in [0.4, 0.5) is 5.69 Å². The van der Waals surface area contributed by atoms with Crippen molar-refractivity contribution < 1.29 is 5.11 Å². The molecule has 0 aliphatic rings. The number of phenolic OH excluding ortho intramolecular Hbond substituents is 1. The molecule has 98 valence electrons. The molecule has 0 radical (unpaired) electrons. The Morgan fingerprint density at radius 3 is 2.63 bits per heavy atom. The van der Waals surface area contributed by atoms with Crippen LogP contribution in [0, 0.1) is 0 Å². The van der Waals surface area contributed by atoms with Crippen molar-refractivity contribution in [2.24, 2.45) is 5.10 Å². The highest BCUT2D eigenvalue weighted by molar-refractivity contribution is 9.10. The second-order valence-corrected chi connectivity index (χ2v) is 5.43. The minimum Gasteiger partial charge on any atom is -0.507 e. The number of halogens is 3. The lowest BCUT2D eigenvalue weighted by Crippen LogP contribution is -1.91. The topological polar surface area (TPSA) is 44.6 Å². The maximum atomic E-state index is 9.63. The molecule has 19 heavy (non-hydrogen) atoms. The Kier molecular flexibility index (Phi) is 4.69. The van der Waals surface area contributed by atoms with E-state index in [0.717, 1.165) is 4.47 Å². The second-order valence-electron chi connectivity index (χ2n) is 3.70. The minimum absolute atomic E-state index is 0.155. The normalized spacial score (nSPS) is 10.9. The first-order valence-corrected chi connectivity index (χ1v) is 6.84. The summed E-state index contributed by atoms with van der Waals surface area (Å²) in [4.78, 5) is 0. The highest BCUT2D eigenvalue weighted by atomic mass is 79.9. The number of aromatic hydroxyl groups is 1. The van der Waals surface area contributed by atoms with Gasteiger partial charge >= 0.3 is 0 Å². The summed E-state index contributed by atoms with van der Waals surface area (Å²) in [6, 6.07) is 10.2. The van der Waals surface area contributed by atoms with Gasteiger partial charge < -0.3 is 5.11 Å². The van der Waals surface area contributed by atoms with Crippen molar-refractivity contribution in [3.8, 4) is 5.75 Å². The maximum Gasteiger partial charge on any atom is 0.124 e. The predicted molar refractivity (Wildman–Crippen MR) is 83.5 cm³/mol. The maximum absolute atomic E-state index is 9.63. The molecule has 0 aliphatic carbocycles. The van der Waals surface area contributed by atoms with E-state index in [1.165, 1.54) is 6.21 Å². The van der Waals surface area contributed by atoms with Gasteiger partial charge in [0.15, 0.2) is 0 Å². The van der Waals surface area contributed by atoms with Crippen LogP contribution in [0.3, 0.4) is 0 Å². The first kappa shape index (κ1) is 14.2. The summed E-state index contributed by atoms with van der Waals surface area (Å²) >= 11 is 15.0. The Hall–Kier alpha value is -1.23. The lowest BCUT2D eigenvalue weighted by Gasteiger charge is -2.03. The molecule has 0 unspecified atom stereocenters. The summed E-state index contributed by atoms with van der Waals surface area (Å²) in [5.74, 6) is 0.155. The fraction of sp³-hybridized carbons (Fsp3) is 0. The molecule has 0 amide bonds. The molecule has 0 aliphatic heterocycles. The van der Waals surface area contributed by atoms with Crippen LogP contribution >= 0.6 is 39.1 Å². The number of rotatable bonds is 3. The summed E-state index contributed by atoms with van der Waals surface area (Å²) in [6.45, 7) is 0. The van der Waals surface area contributed by atoms with E-state index in [-0.39, 0.29) is 5.75 Å². The van der Waals surface area contributed by atoms with Crippen molar-refractivity contribution in [1.29, 1.82) is 0 Å². The molecule has 0 spiro atoms. The van der Waals surface area contributed by atoms with Crippen molar-refractivity contribution in [2.75, 3.05) is 5.43 Å². The van der Waals surface area contributed by atoms with Crippen LogP contribution in [-0.4, -0.2) is 11.3 Å². The van der Waals surface area contributed by atoms with Crippen molar-refractivity contribution in [1.82, 2.24) is 0 Å². The lowest BCUT2D eigenvalue weighted by atomic mass is 10.2. The fourth-order valence-electron chi connectivity index (χ4n) is 1.37. The molecule has 2 aromatic rings. The summed E-state index contributed by atoms with van der Waals surface area (Å²) in [6.07, 6.45) is 1.52. The van der Waals surface area contributed by atoms with Gasteiger partial charge in [0, 0.05) is 10.0 Å². The number of nitrogens with zero attached hydrogens (tertiary/aromatic N) is 1. The number of nitrogens with one attached hydrogen (secondary N) is 1. The Morgan fingerprint density at radius 2 is 1.89 bits per heavy atom. The minimum atomic E-state index is 0.155. The highest BCUT2D eigenvalue weighted by Crippen LogP contribution is 2.25. The molecule has 0 fully saturated rings. The number of phenols is 1. The third kappa shape index (κ3) is 3.86. The van der Waals surface area contributed by atoms with E-state index >= 15 is 0 Å². The number of anilines is 1. The zero-order valence-electron chi connectivity index (χ0n) is 9.57. The van der Waals surface area contributed by atoms with E-state index in [1.807, 2.05) is 0 Å². The van der Waals surface area contributed by atoms with Crippen LogP contribution in [0.25, 0.3) is 0 Å². The van der Waals surface area contributed by atoms with Crippen molar-refractivity contribution in [3.05, 3.63) is 56.5 Å². The molecule has 0 aromatic heterocycles. The van der Waals surface area contributed by atoms with E-state index in [4.69, 9.17) is 23.2 Å². The molecule has 0 atom stereocenters. The van der Waals surface area contributed by atoms with E-state index in [0.29, 0.717) is 21.3 Å². The molecule has 0 bridgehead atoms. The standard InChI is InChI=1S/C13H9BrCl2N2O/c14-9-1-4-13(19)8(5-9)7-17-18-10-2-3-11(15)12(16)6-10/h1-7,18-19H/b17-7+. The van der Waals surface area contributed by atoms with Crippen LogP contribution in [0.1, 0.15) is 5.56 Å². The zero-order valence-corrected chi connectivity index (χ0v) is 12.7. The van der Waals surface area contributed by atoms with Crippen molar-refractivity contribution in [3.63, 3.8) is 0 Å². The molecule has 2 N–H and O–H groups in total. The van der Waals surface area contributed by atoms with Crippen LogP contribution in [-0.2, 0) is 0 Å². The average Bonchev–Trinajstić information content (AvgIpc) is 2.38.